The first kappa shape index (κ1) is 16.1. The Bertz CT molecular complexity index is 323. The average Bonchev–Trinajstić information content (AvgIpc) is 2.47. The minimum absolute atomic E-state index is 0.0210. The predicted molar refractivity (Wildman–Crippen MR) is 76.2 cm³/mol. The fraction of sp³-hybridized carbons (Fsp3) is 0.600. The van der Waals surface area contributed by atoms with Gasteiger partial charge >= 0.3 is 0 Å². The highest BCUT2D eigenvalue weighted by molar-refractivity contribution is 5.18. The summed E-state index contributed by atoms with van der Waals surface area (Å²) in [5, 5.41) is 10.4. The van der Waals surface area contributed by atoms with Crippen LogP contribution < -0.4 is 0 Å². The first-order valence-electron chi connectivity index (χ1n) is 6.65. The minimum Gasteiger partial charge on any atom is -0.387 e. The molecule has 4 nitrogen and oxygen atoms in total. The fourth-order valence-electron chi connectivity index (χ4n) is 2.06. The Balaban J connectivity index is 2.65. The van der Waals surface area contributed by atoms with E-state index in [1.807, 2.05) is 37.3 Å². The standard InChI is InChI=1S/C15H25NO3/c1-13(15(17)14-7-5-4-6-8-14)16(9-11-18-2)10-12-19-3/h4-8,13,15,17H,9-12H2,1-3H3. The molecule has 0 spiro atoms. The van der Waals surface area contributed by atoms with Crippen molar-refractivity contribution in [3.8, 4) is 0 Å². The van der Waals surface area contributed by atoms with Crippen LogP contribution in [0.4, 0.5) is 0 Å². The Kier molecular flexibility index (Phi) is 7.67. The van der Waals surface area contributed by atoms with E-state index in [-0.39, 0.29) is 6.04 Å². The van der Waals surface area contributed by atoms with Gasteiger partial charge in [0.1, 0.15) is 0 Å². The number of methoxy groups -OCH3 is 2. The first-order valence-corrected chi connectivity index (χ1v) is 6.65. The second-order valence-corrected chi connectivity index (χ2v) is 4.62. The Hall–Kier alpha value is -0.940. The summed E-state index contributed by atoms with van der Waals surface area (Å²) < 4.78 is 10.2. The van der Waals surface area contributed by atoms with Gasteiger partial charge in [-0.3, -0.25) is 4.90 Å². The molecule has 1 rings (SSSR count). The molecular weight excluding hydrogens is 242 g/mol. The molecule has 0 aromatic heterocycles. The van der Waals surface area contributed by atoms with E-state index in [1.165, 1.54) is 0 Å². The number of hydrogen-bond acceptors (Lipinski definition) is 4. The van der Waals surface area contributed by atoms with Gasteiger partial charge in [0.05, 0.1) is 19.3 Å². The van der Waals surface area contributed by atoms with Crippen LogP contribution >= 0.6 is 0 Å². The summed E-state index contributed by atoms with van der Waals surface area (Å²) in [4.78, 5) is 2.19. The van der Waals surface area contributed by atoms with Crippen LogP contribution in [-0.2, 0) is 9.47 Å². The van der Waals surface area contributed by atoms with Crippen LogP contribution in [-0.4, -0.2) is 56.6 Å². The topological polar surface area (TPSA) is 41.9 Å². The third kappa shape index (κ3) is 5.28. The maximum Gasteiger partial charge on any atom is 0.0942 e. The summed E-state index contributed by atoms with van der Waals surface area (Å²) in [6.07, 6.45) is -0.505. The van der Waals surface area contributed by atoms with Crippen LogP contribution in [0.3, 0.4) is 0 Å². The molecule has 0 aliphatic rings. The Morgan fingerprint density at radius 3 is 2.05 bits per heavy atom. The van der Waals surface area contributed by atoms with Crippen molar-refractivity contribution in [3.05, 3.63) is 35.9 Å². The molecule has 1 aromatic carbocycles. The van der Waals surface area contributed by atoms with Crippen LogP contribution in [0.15, 0.2) is 30.3 Å². The van der Waals surface area contributed by atoms with E-state index in [2.05, 4.69) is 4.90 Å². The largest absolute Gasteiger partial charge is 0.387 e. The van der Waals surface area contributed by atoms with Gasteiger partial charge < -0.3 is 14.6 Å². The lowest BCUT2D eigenvalue weighted by Crippen LogP contribution is -2.41. The molecule has 0 radical (unpaired) electrons. The van der Waals surface area contributed by atoms with Gasteiger partial charge in [0, 0.05) is 33.4 Å². The van der Waals surface area contributed by atoms with E-state index in [0.717, 1.165) is 18.7 Å². The van der Waals surface area contributed by atoms with Crippen molar-refractivity contribution in [3.63, 3.8) is 0 Å². The van der Waals surface area contributed by atoms with Crippen molar-refractivity contribution < 1.29 is 14.6 Å². The summed E-state index contributed by atoms with van der Waals surface area (Å²) in [6, 6.07) is 9.76. The van der Waals surface area contributed by atoms with Crippen molar-refractivity contribution in [2.45, 2.75) is 19.1 Å². The number of benzene rings is 1. The van der Waals surface area contributed by atoms with Crippen molar-refractivity contribution in [2.75, 3.05) is 40.5 Å². The summed E-state index contributed by atoms with van der Waals surface area (Å²) in [5.74, 6) is 0. The molecule has 2 atom stereocenters. The smallest absolute Gasteiger partial charge is 0.0942 e. The van der Waals surface area contributed by atoms with Crippen LogP contribution in [0.1, 0.15) is 18.6 Å². The molecule has 2 unspecified atom stereocenters. The molecule has 0 heterocycles. The minimum atomic E-state index is -0.505. The number of hydrogen-bond donors (Lipinski definition) is 1. The Morgan fingerprint density at radius 2 is 1.58 bits per heavy atom. The van der Waals surface area contributed by atoms with Gasteiger partial charge in [0.15, 0.2) is 0 Å². The molecule has 0 aliphatic carbocycles. The van der Waals surface area contributed by atoms with Crippen LogP contribution in [0.2, 0.25) is 0 Å². The molecular formula is C15H25NO3. The third-order valence-electron chi connectivity index (χ3n) is 3.34. The molecule has 0 amide bonds. The Morgan fingerprint density at radius 1 is 1.05 bits per heavy atom. The van der Waals surface area contributed by atoms with E-state index in [1.54, 1.807) is 14.2 Å². The highest BCUT2D eigenvalue weighted by Gasteiger charge is 2.22. The Labute approximate surface area is 115 Å². The first-order chi connectivity index (χ1) is 9.20. The van der Waals surface area contributed by atoms with Gasteiger partial charge in [-0.1, -0.05) is 30.3 Å². The molecule has 0 fully saturated rings. The van der Waals surface area contributed by atoms with Crippen molar-refractivity contribution in [2.24, 2.45) is 0 Å². The van der Waals surface area contributed by atoms with Crippen LogP contribution in [0.25, 0.3) is 0 Å². The highest BCUT2D eigenvalue weighted by atomic mass is 16.5. The quantitative estimate of drug-likeness (QED) is 0.739. The van der Waals surface area contributed by atoms with Crippen LogP contribution in [0, 0.1) is 0 Å². The highest BCUT2D eigenvalue weighted by Crippen LogP contribution is 2.20. The predicted octanol–water partition coefficient (Wildman–Crippen LogP) is 1.70. The fourth-order valence-corrected chi connectivity index (χ4v) is 2.06. The third-order valence-corrected chi connectivity index (χ3v) is 3.34. The van der Waals surface area contributed by atoms with Gasteiger partial charge in [-0.15, -0.1) is 0 Å². The number of ether oxygens (including phenoxy) is 2. The molecule has 0 saturated heterocycles. The van der Waals surface area contributed by atoms with Crippen molar-refractivity contribution in [1.29, 1.82) is 0 Å². The maximum atomic E-state index is 10.4. The molecule has 108 valence electrons. The second-order valence-electron chi connectivity index (χ2n) is 4.62. The lowest BCUT2D eigenvalue weighted by Gasteiger charge is -2.32. The molecule has 0 bridgehead atoms. The normalized spacial score (nSPS) is 14.6. The number of nitrogens with zero attached hydrogens (tertiary/aromatic N) is 1. The van der Waals surface area contributed by atoms with Gasteiger partial charge in [-0.2, -0.15) is 0 Å². The van der Waals surface area contributed by atoms with E-state index in [0.29, 0.717) is 13.2 Å². The second kappa shape index (κ2) is 9.04. The van der Waals surface area contributed by atoms with E-state index in [4.69, 9.17) is 9.47 Å². The monoisotopic (exact) mass is 267 g/mol. The zero-order chi connectivity index (χ0) is 14.1. The number of aliphatic hydroxyl groups is 1. The molecule has 1 aromatic rings. The van der Waals surface area contributed by atoms with Gasteiger partial charge in [-0.25, -0.2) is 0 Å². The summed E-state index contributed by atoms with van der Waals surface area (Å²) in [7, 11) is 3.37. The van der Waals surface area contributed by atoms with E-state index >= 15 is 0 Å². The molecule has 0 saturated carbocycles. The maximum absolute atomic E-state index is 10.4. The molecule has 0 aliphatic heterocycles. The summed E-state index contributed by atoms with van der Waals surface area (Å²) in [6.45, 7) is 4.89. The van der Waals surface area contributed by atoms with Crippen molar-refractivity contribution in [1.82, 2.24) is 4.90 Å². The van der Waals surface area contributed by atoms with Crippen LogP contribution in [0.5, 0.6) is 0 Å². The van der Waals surface area contributed by atoms with Gasteiger partial charge in [0.2, 0.25) is 0 Å². The van der Waals surface area contributed by atoms with E-state index < -0.39 is 6.10 Å². The van der Waals surface area contributed by atoms with Crippen molar-refractivity contribution >= 4 is 0 Å². The summed E-state index contributed by atoms with van der Waals surface area (Å²) in [5.41, 5.74) is 0.940. The average molecular weight is 267 g/mol. The summed E-state index contributed by atoms with van der Waals surface area (Å²) >= 11 is 0. The zero-order valence-corrected chi connectivity index (χ0v) is 12.1. The molecule has 19 heavy (non-hydrogen) atoms. The van der Waals surface area contributed by atoms with E-state index in [9.17, 15) is 5.11 Å². The van der Waals surface area contributed by atoms with Gasteiger partial charge in [0.25, 0.3) is 0 Å². The number of rotatable bonds is 9. The SMILES string of the molecule is COCCN(CCOC)C(C)C(O)c1ccccc1. The lowest BCUT2D eigenvalue weighted by molar-refractivity contribution is 0.0274. The van der Waals surface area contributed by atoms with Gasteiger partial charge in [-0.05, 0) is 12.5 Å². The lowest BCUT2D eigenvalue weighted by atomic mass is 10.0. The zero-order valence-electron chi connectivity index (χ0n) is 12.1. The molecule has 1 N–H and O–H groups in total. The molecule has 4 heteroatoms. The number of aliphatic hydroxyl groups excluding tert-OH is 1.